The molecular weight excluding hydrogens is 156 g/mol. The second kappa shape index (κ2) is 3.56. The Bertz CT molecular complexity index is 211. The summed E-state index contributed by atoms with van der Waals surface area (Å²) in [6.45, 7) is 2.02. The molecule has 1 unspecified atom stereocenters. The molecule has 0 aromatic carbocycles. The molecule has 0 N–H and O–H groups in total. The van der Waals surface area contributed by atoms with Gasteiger partial charge in [-0.15, -0.1) is 0 Å². The van der Waals surface area contributed by atoms with E-state index in [4.69, 9.17) is 4.74 Å². The fourth-order valence-electron chi connectivity index (χ4n) is 1.02. The van der Waals surface area contributed by atoms with Gasteiger partial charge < -0.3 is 9.64 Å². The van der Waals surface area contributed by atoms with Gasteiger partial charge in [0.25, 0.3) is 11.9 Å². The zero-order valence-corrected chi connectivity index (χ0v) is 7.70. The molecule has 0 radical (unpaired) electrons. The summed E-state index contributed by atoms with van der Waals surface area (Å²) < 4.78 is 5.30. The zero-order valence-electron chi connectivity index (χ0n) is 7.70. The molecule has 0 aliphatic carbocycles. The Morgan fingerprint density at radius 3 is 2.67 bits per heavy atom. The first-order valence-corrected chi connectivity index (χ1v) is 4.11. The third-order valence-electron chi connectivity index (χ3n) is 1.66. The Morgan fingerprint density at radius 2 is 2.25 bits per heavy atom. The third kappa shape index (κ3) is 1.75. The van der Waals surface area contributed by atoms with Crippen molar-refractivity contribution in [1.82, 2.24) is 4.90 Å². The highest BCUT2D eigenvalue weighted by molar-refractivity contribution is 5.98. The quantitative estimate of drug-likeness (QED) is 0.610. The summed E-state index contributed by atoms with van der Waals surface area (Å²) in [7, 11) is 3.61. The molecule has 12 heavy (non-hydrogen) atoms. The molecule has 0 fully saturated rings. The number of carbonyl (C=O) groups excluding carboxylic acids is 1. The third-order valence-corrected chi connectivity index (χ3v) is 1.66. The smallest absolute Gasteiger partial charge is 0.295 e. The van der Waals surface area contributed by atoms with Crippen molar-refractivity contribution in [2.45, 2.75) is 25.9 Å². The van der Waals surface area contributed by atoms with Crippen LogP contribution in [0.25, 0.3) is 0 Å². The van der Waals surface area contributed by atoms with E-state index in [0.29, 0.717) is 6.02 Å². The lowest BCUT2D eigenvalue weighted by Gasteiger charge is -2.13. The van der Waals surface area contributed by atoms with Gasteiger partial charge in [0.2, 0.25) is 0 Å². The minimum Gasteiger partial charge on any atom is -0.451 e. The Labute approximate surface area is 72.2 Å². The zero-order chi connectivity index (χ0) is 9.14. The van der Waals surface area contributed by atoms with Gasteiger partial charge in [0, 0.05) is 14.1 Å². The van der Waals surface area contributed by atoms with Crippen molar-refractivity contribution in [3.63, 3.8) is 0 Å². The molecule has 0 spiro atoms. The second-order valence-electron chi connectivity index (χ2n) is 3.02. The number of ether oxygens (including phenoxy) is 1. The number of nitrogens with zero attached hydrogens (tertiary/aromatic N) is 2. The summed E-state index contributed by atoms with van der Waals surface area (Å²) in [6.07, 6.45) is 1.35. The van der Waals surface area contributed by atoms with Crippen molar-refractivity contribution >= 4 is 11.9 Å². The van der Waals surface area contributed by atoms with E-state index in [1.807, 2.05) is 6.92 Å². The molecule has 1 rings (SSSR count). The first-order chi connectivity index (χ1) is 5.65. The van der Waals surface area contributed by atoms with E-state index in [0.717, 1.165) is 12.8 Å². The molecule has 1 heterocycles. The van der Waals surface area contributed by atoms with Crippen LogP contribution in [0.15, 0.2) is 4.99 Å². The summed E-state index contributed by atoms with van der Waals surface area (Å²) in [5, 5.41) is 0. The molecule has 0 bridgehead atoms. The predicted octanol–water partition coefficient (Wildman–Crippen LogP) is 0.629. The summed E-state index contributed by atoms with van der Waals surface area (Å²) in [4.78, 5) is 16.6. The van der Waals surface area contributed by atoms with Gasteiger partial charge in [-0.05, 0) is 6.42 Å². The number of rotatable bonds is 2. The van der Waals surface area contributed by atoms with Crippen molar-refractivity contribution < 1.29 is 9.53 Å². The number of amides is 1. The van der Waals surface area contributed by atoms with Crippen molar-refractivity contribution in [3.05, 3.63) is 0 Å². The summed E-state index contributed by atoms with van der Waals surface area (Å²) in [6, 6.07) is 0.429. The molecule has 68 valence electrons. The first kappa shape index (κ1) is 9.03. The molecule has 0 aromatic heterocycles. The van der Waals surface area contributed by atoms with Crippen LogP contribution in [0.4, 0.5) is 0 Å². The van der Waals surface area contributed by atoms with Crippen LogP contribution in [-0.4, -0.2) is 37.0 Å². The fraction of sp³-hybridized carbons (Fsp3) is 0.750. The molecule has 1 amide bonds. The molecule has 1 aliphatic rings. The molecular formula is C8H14N2O2. The highest BCUT2D eigenvalue weighted by atomic mass is 16.5. The van der Waals surface area contributed by atoms with E-state index in [2.05, 4.69) is 4.99 Å². The van der Waals surface area contributed by atoms with Crippen molar-refractivity contribution in [2.24, 2.45) is 4.99 Å². The van der Waals surface area contributed by atoms with Crippen LogP contribution in [0, 0.1) is 0 Å². The number of hydrogen-bond donors (Lipinski definition) is 0. The van der Waals surface area contributed by atoms with Gasteiger partial charge in [0.1, 0.15) is 0 Å². The fourth-order valence-corrected chi connectivity index (χ4v) is 1.02. The largest absolute Gasteiger partial charge is 0.451 e. The SMILES string of the molecule is CCCC1OC(N(C)C)=NC1=O. The van der Waals surface area contributed by atoms with E-state index in [9.17, 15) is 4.79 Å². The van der Waals surface area contributed by atoms with Gasteiger partial charge in [-0.3, -0.25) is 4.79 Å². The number of hydrogen-bond acceptors (Lipinski definition) is 3. The molecule has 1 atom stereocenters. The van der Waals surface area contributed by atoms with Crippen molar-refractivity contribution in [2.75, 3.05) is 14.1 Å². The van der Waals surface area contributed by atoms with E-state index in [1.165, 1.54) is 0 Å². The molecule has 0 saturated heterocycles. The molecule has 1 aliphatic heterocycles. The normalized spacial score (nSPS) is 22.1. The van der Waals surface area contributed by atoms with Gasteiger partial charge in [-0.2, -0.15) is 4.99 Å². The van der Waals surface area contributed by atoms with Gasteiger partial charge in [0.15, 0.2) is 6.10 Å². The number of carbonyl (C=O) groups is 1. The van der Waals surface area contributed by atoms with Crippen LogP contribution in [0.1, 0.15) is 19.8 Å². The van der Waals surface area contributed by atoms with Crippen LogP contribution in [0.5, 0.6) is 0 Å². The van der Waals surface area contributed by atoms with Crippen LogP contribution < -0.4 is 0 Å². The second-order valence-corrected chi connectivity index (χ2v) is 3.02. The lowest BCUT2D eigenvalue weighted by Crippen LogP contribution is -2.25. The van der Waals surface area contributed by atoms with Gasteiger partial charge in [-0.25, -0.2) is 0 Å². The van der Waals surface area contributed by atoms with Crippen LogP contribution in [0.3, 0.4) is 0 Å². The number of amidine groups is 1. The summed E-state index contributed by atoms with van der Waals surface area (Å²) >= 11 is 0. The Balaban J connectivity index is 2.55. The van der Waals surface area contributed by atoms with Crippen LogP contribution >= 0.6 is 0 Å². The van der Waals surface area contributed by atoms with E-state index in [1.54, 1.807) is 19.0 Å². The molecule has 0 aromatic rings. The topological polar surface area (TPSA) is 41.9 Å². The van der Waals surface area contributed by atoms with Crippen molar-refractivity contribution in [3.8, 4) is 0 Å². The highest BCUT2D eigenvalue weighted by Crippen LogP contribution is 2.12. The summed E-state index contributed by atoms with van der Waals surface area (Å²) in [5.74, 6) is -0.152. The molecule has 0 saturated carbocycles. The molecule has 4 heteroatoms. The Morgan fingerprint density at radius 1 is 1.58 bits per heavy atom. The van der Waals surface area contributed by atoms with E-state index in [-0.39, 0.29) is 12.0 Å². The van der Waals surface area contributed by atoms with E-state index < -0.39 is 0 Å². The maximum Gasteiger partial charge on any atom is 0.295 e. The van der Waals surface area contributed by atoms with Crippen LogP contribution in [-0.2, 0) is 9.53 Å². The van der Waals surface area contributed by atoms with Gasteiger partial charge in [-0.1, -0.05) is 13.3 Å². The maximum atomic E-state index is 11.1. The maximum absolute atomic E-state index is 11.1. The lowest BCUT2D eigenvalue weighted by atomic mass is 10.2. The Kier molecular flexibility index (Phi) is 2.68. The molecule has 4 nitrogen and oxygen atoms in total. The van der Waals surface area contributed by atoms with Crippen LogP contribution in [0.2, 0.25) is 0 Å². The lowest BCUT2D eigenvalue weighted by molar-refractivity contribution is -0.122. The standard InChI is InChI=1S/C8H14N2O2/c1-4-5-6-7(11)9-8(12-6)10(2)3/h6H,4-5H2,1-3H3. The minimum atomic E-state index is -0.340. The highest BCUT2D eigenvalue weighted by Gasteiger charge is 2.28. The monoisotopic (exact) mass is 170 g/mol. The van der Waals surface area contributed by atoms with E-state index >= 15 is 0 Å². The minimum absolute atomic E-state index is 0.152. The van der Waals surface area contributed by atoms with Crippen molar-refractivity contribution in [1.29, 1.82) is 0 Å². The predicted molar refractivity (Wildman–Crippen MR) is 45.9 cm³/mol. The van der Waals surface area contributed by atoms with Gasteiger partial charge >= 0.3 is 0 Å². The average Bonchev–Trinajstić information content (AvgIpc) is 2.34. The first-order valence-electron chi connectivity index (χ1n) is 4.11. The average molecular weight is 170 g/mol. The Hall–Kier alpha value is -1.06. The number of aliphatic imine (C=N–C) groups is 1. The summed E-state index contributed by atoms with van der Waals surface area (Å²) in [5.41, 5.74) is 0. The van der Waals surface area contributed by atoms with Gasteiger partial charge in [0.05, 0.1) is 0 Å².